The number of hydrogen-bond donors (Lipinski definition) is 0. The third-order valence-corrected chi connectivity index (χ3v) is 11.0. The van der Waals surface area contributed by atoms with Gasteiger partial charge in [0, 0.05) is 54.3 Å². The van der Waals surface area contributed by atoms with Gasteiger partial charge < -0.3 is 14.2 Å². The highest BCUT2D eigenvalue weighted by Crippen LogP contribution is 2.45. The summed E-state index contributed by atoms with van der Waals surface area (Å²) < 4.78 is 108. The molecule has 3 heterocycles. The van der Waals surface area contributed by atoms with Crippen LogP contribution >= 0.6 is 11.5 Å². The lowest BCUT2D eigenvalue weighted by Crippen LogP contribution is -2.44. The van der Waals surface area contributed by atoms with Crippen molar-refractivity contribution in [3.8, 4) is 5.75 Å². The van der Waals surface area contributed by atoms with Crippen molar-refractivity contribution in [3.05, 3.63) is 102 Å². The predicted molar refractivity (Wildman–Crippen MR) is 175 cm³/mol. The number of hydrogen-bond acceptors (Lipinski definition) is 10. The number of ether oxygens (including phenoxy) is 4. The van der Waals surface area contributed by atoms with Crippen LogP contribution in [0.25, 0.3) is 0 Å². The van der Waals surface area contributed by atoms with E-state index in [1.165, 1.54) is 50.9 Å². The van der Waals surface area contributed by atoms with Gasteiger partial charge in [0.15, 0.2) is 0 Å². The minimum absolute atomic E-state index is 0.0330. The van der Waals surface area contributed by atoms with Crippen molar-refractivity contribution in [2.24, 2.45) is 0 Å². The van der Waals surface area contributed by atoms with Gasteiger partial charge in [0.2, 0.25) is 5.13 Å². The van der Waals surface area contributed by atoms with E-state index in [9.17, 15) is 26.0 Å². The molecule has 2 aromatic carbocycles. The summed E-state index contributed by atoms with van der Waals surface area (Å²) in [5.74, 6) is 0.670. The fraction of sp³-hybridized carbons (Fsp3) is 0.394. The highest BCUT2D eigenvalue weighted by molar-refractivity contribution is 7.93. The van der Waals surface area contributed by atoms with Gasteiger partial charge in [0.05, 0.1) is 38.4 Å². The number of benzene rings is 2. The molecule has 264 valence electrons. The first-order valence-electron chi connectivity index (χ1n) is 15.3. The lowest BCUT2D eigenvalue weighted by Gasteiger charge is -2.45. The second-order valence-electron chi connectivity index (χ2n) is 11.4. The van der Waals surface area contributed by atoms with Crippen LogP contribution in [-0.4, -0.2) is 69.1 Å². The maximum absolute atomic E-state index is 14.2. The monoisotopic (exact) mass is 724 g/mol. The molecule has 3 atom stereocenters. The minimum Gasteiger partial charge on any atom is -0.497 e. The van der Waals surface area contributed by atoms with E-state index in [0.717, 1.165) is 15.8 Å². The molecule has 0 bridgehead atoms. The molecule has 5 rings (SSSR count). The zero-order chi connectivity index (χ0) is 35.3. The number of nitrogens with zero attached hydrogens (tertiary/aromatic N) is 4. The Labute approximate surface area is 286 Å². The van der Waals surface area contributed by atoms with E-state index in [1.54, 1.807) is 31.2 Å². The van der Waals surface area contributed by atoms with Crippen molar-refractivity contribution in [1.82, 2.24) is 14.3 Å². The van der Waals surface area contributed by atoms with Crippen molar-refractivity contribution < 1.29 is 44.9 Å². The number of sulfonamides is 1. The number of methoxy groups -OCH3 is 2. The van der Waals surface area contributed by atoms with Gasteiger partial charge in [-0.2, -0.15) is 4.37 Å². The molecular formula is C33H36F4N4O6S2. The zero-order valence-corrected chi connectivity index (χ0v) is 28.7. The van der Waals surface area contributed by atoms with Crippen molar-refractivity contribution in [1.29, 1.82) is 0 Å². The van der Waals surface area contributed by atoms with E-state index in [0.29, 0.717) is 40.4 Å². The summed E-state index contributed by atoms with van der Waals surface area (Å²) in [6.07, 6.45) is -0.851. The molecule has 0 unspecified atom stereocenters. The van der Waals surface area contributed by atoms with Crippen molar-refractivity contribution in [3.63, 3.8) is 0 Å². The summed E-state index contributed by atoms with van der Waals surface area (Å²) in [5.41, 5.74) is 1.89. The Hall–Kier alpha value is -3.99. The largest absolute Gasteiger partial charge is 0.522 e. The van der Waals surface area contributed by atoms with Gasteiger partial charge >= 0.3 is 6.36 Å². The molecule has 1 saturated heterocycles. The third-order valence-electron chi connectivity index (χ3n) is 8.43. The summed E-state index contributed by atoms with van der Waals surface area (Å²) in [6, 6.07) is 9.45. The Morgan fingerprint density at radius 3 is 2.53 bits per heavy atom. The third kappa shape index (κ3) is 8.43. The first kappa shape index (κ1) is 36.3. The van der Waals surface area contributed by atoms with Gasteiger partial charge in [-0.25, -0.2) is 22.1 Å². The number of fused-ring (bicyclic) bond motifs is 1. The number of aromatic nitrogens is 2. The number of halogens is 4. The highest BCUT2D eigenvalue weighted by Gasteiger charge is 2.42. The van der Waals surface area contributed by atoms with Gasteiger partial charge in [-0.15, -0.1) is 13.2 Å². The van der Waals surface area contributed by atoms with E-state index in [4.69, 9.17) is 14.2 Å². The fourth-order valence-electron chi connectivity index (χ4n) is 6.13. The molecule has 0 radical (unpaired) electrons. The fourth-order valence-corrected chi connectivity index (χ4v) is 8.33. The first-order valence-corrected chi connectivity index (χ1v) is 17.5. The second-order valence-corrected chi connectivity index (χ2v) is 14.0. The van der Waals surface area contributed by atoms with Crippen LogP contribution < -0.4 is 9.04 Å². The van der Waals surface area contributed by atoms with Crippen LogP contribution in [0.15, 0.2) is 89.5 Å². The molecule has 1 aromatic heterocycles. The summed E-state index contributed by atoms with van der Waals surface area (Å²) in [7, 11) is -1.30. The molecule has 2 aliphatic rings. The lowest BCUT2D eigenvalue weighted by atomic mass is 9.88. The van der Waals surface area contributed by atoms with E-state index in [-0.39, 0.29) is 48.6 Å². The summed E-state index contributed by atoms with van der Waals surface area (Å²) >= 11 is 0.911. The Morgan fingerprint density at radius 2 is 1.90 bits per heavy atom. The first-order chi connectivity index (χ1) is 23.3. The molecule has 2 aliphatic heterocycles. The number of alkyl halides is 3. The molecule has 0 amide bonds. The number of allylic oxidation sites excluding steroid dienone is 2. The van der Waals surface area contributed by atoms with E-state index in [2.05, 4.69) is 25.6 Å². The Morgan fingerprint density at radius 1 is 1.14 bits per heavy atom. The zero-order valence-electron chi connectivity index (χ0n) is 27.0. The topological polar surface area (TPSA) is 103 Å². The molecule has 16 heteroatoms. The van der Waals surface area contributed by atoms with Crippen LogP contribution in [0.3, 0.4) is 0 Å². The van der Waals surface area contributed by atoms with Gasteiger partial charge in [0.1, 0.15) is 29.4 Å². The Balaban J connectivity index is 1.48. The average Bonchev–Trinajstić information content (AvgIpc) is 3.61. The smallest absolute Gasteiger partial charge is 0.497 e. The molecule has 49 heavy (non-hydrogen) atoms. The van der Waals surface area contributed by atoms with Gasteiger partial charge in [0.25, 0.3) is 10.0 Å². The summed E-state index contributed by atoms with van der Waals surface area (Å²) in [4.78, 5) is 6.18. The van der Waals surface area contributed by atoms with E-state index in [1.807, 2.05) is 0 Å². The predicted octanol–water partition coefficient (Wildman–Crippen LogP) is 7.07. The molecule has 0 aliphatic carbocycles. The minimum atomic E-state index is -4.79. The van der Waals surface area contributed by atoms with Gasteiger partial charge in [-0.05, 0) is 55.2 Å². The standard InChI is InChI=1S/C33H36F4N4O6S2/c1-5-24(44-3)17-30(45-4)21(2)19-41(32-38-20-39-48-32)49(42,43)26-10-11-27-28(13-15-46-31(27)18-26)40-14-12-25(47-33(35,36)37)16-29(40)22-6-8-23(34)9-7-22/h5-11,17-18,20,25,28-29H,1,12-16,19H2,2-4H3/b24-17+,30-21-/t25-,28+,29+/m1/s1. The number of rotatable bonds is 12. The van der Waals surface area contributed by atoms with Crippen molar-refractivity contribution >= 4 is 26.7 Å². The molecule has 0 spiro atoms. The normalized spacial score (nSPS) is 20.9. The number of anilines is 1. The lowest BCUT2D eigenvalue weighted by molar-refractivity contribution is -0.347. The van der Waals surface area contributed by atoms with Crippen molar-refractivity contribution in [2.45, 2.75) is 55.6 Å². The molecule has 0 saturated carbocycles. The van der Waals surface area contributed by atoms with Crippen LogP contribution in [0.2, 0.25) is 0 Å². The number of likely N-dealkylation sites (tertiary alicyclic amines) is 1. The maximum Gasteiger partial charge on any atom is 0.522 e. The van der Waals surface area contributed by atoms with E-state index < -0.39 is 34.3 Å². The molecular weight excluding hydrogens is 689 g/mol. The highest BCUT2D eigenvalue weighted by atomic mass is 32.2. The molecule has 1 fully saturated rings. The van der Waals surface area contributed by atoms with E-state index >= 15 is 0 Å². The summed E-state index contributed by atoms with van der Waals surface area (Å²) in [5, 5.41) is 0.136. The summed E-state index contributed by atoms with van der Waals surface area (Å²) in [6.45, 7) is 5.80. The van der Waals surface area contributed by atoms with Crippen molar-refractivity contribution in [2.75, 3.05) is 38.2 Å². The van der Waals surface area contributed by atoms with Gasteiger partial charge in [-0.1, -0.05) is 24.8 Å². The Kier molecular flexibility index (Phi) is 11.3. The molecule has 0 N–H and O–H groups in total. The number of piperidine rings is 1. The van der Waals surface area contributed by atoms with Crippen LogP contribution in [0.1, 0.15) is 49.4 Å². The Bertz CT molecular complexity index is 1780. The van der Waals surface area contributed by atoms with Crippen LogP contribution in [0, 0.1) is 5.82 Å². The SMILES string of the molecule is C=C/C(=C\C(OC)=C(/C)CN(c1ncns1)S(=O)(=O)c1ccc2c(c1)OCC[C@@H]2N1CC[C@@H](OC(F)(F)F)C[C@H]1c1ccc(F)cc1)OC. The quantitative estimate of drug-likeness (QED) is 0.110. The van der Waals surface area contributed by atoms with Crippen LogP contribution in [0.4, 0.5) is 22.7 Å². The van der Waals surface area contributed by atoms with Gasteiger partial charge in [-0.3, -0.25) is 9.64 Å². The van der Waals surface area contributed by atoms with Crippen LogP contribution in [-0.2, 0) is 24.2 Å². The van der Waals surface area contributed by atoms with Crippen LogP contribution in [0.5, 0.6) is 5.75 Å². The maximum atomic E-state index is 14.2. The molecule has 3 aromatic rings. The second kappa shape index (κ2) is 15.3. The molecule has 10 nitrogen and oxygen atoms in total. The average molecular weight is 725 g/mol.